The summed E-state index contributed by atoms with van der Waals surface area (Å²) in [6.45, 7) is 0.764. The number of non-ortho nitro benzene ring substituents is 1. The molecule has 0 amide bonds. The number of nitrogens with zero attached hydrogens (tertiary/aromatic N) is 1. The van der Waals surface area contributed by atoms with E-state index in [4.69, 9.17) is 0 Å². The fourth-order valence-corrected chi connectivity index (χ4v) is 2.26. The standard InChI is InChI=1S/C12H15FN2O2/c13-10-5-11(7-12(6-10)15(16)17)14-8-9-3-1-2-4-9/h5-7,9,14H,1-4,8H2. The molecule has 1 fully saturated rings. The van der Waals surface area contributed by atoms with Gasteiger partial charge in [-0.2, -0.15) is 0 Å². The summed E-state index contributed by atoms with van der Waals surface area (Å²) < 4.78 is 13.1. The summed E-state index contributed by atoms with van der Waals surface area (Å²) in [5.41, 5.74) is 0.280. The zero-order chi connectivity index (χ0) is 12.3. The number of halogens is 1. The lowest BCUT2D eigenvalue weighted by atomic mass is 10.1. The molecular weight excluding hydrogens is 223 g/mol. The van der Waals surface area contributed by atoms with Crippen LogP contribution in [0.25, 0.3) is 0 Å². The molecule has 0 aromatic heterocycles. The lowest BCUT2D eigenvalue weighted by Crippen LogP contribution is -2.11. The highest BCUT2D eigenvalue weighted by Gasteiger charge is 2.15. The molecule has 0 saturated heterocycles. The van der Waals surface area contributed by atoms with Gasteiger partial charge >= 0.3 is 0 Å². The van der Waals surface area contributed by atoms with Crippen LogP contribution in [0.1, 0.15) is 25.7 Å². The molecule has 1 aliphatic carbocycles. The van der Waals surface area contributed by atoms with Crippen LogP contribution < -0.4 is 5.32 Å². The normalized spacial score (nSPS) is 16.1. The van der Waals surface area contributed by atoms with E-state index in [9.17, 15) is 14.5 Å². The van der Waals surface area contributed by atoms with Crippen molar-refractivity contribution in [2.75, 3.05) is 11.9 Å². The van der Waals surface area contributed by atoms with Crippen molar-refractivity contribution in [2.45, 2.75) is 25.7 Å². The molecule has 4 nitrogen and oxygen atoms in total. The Kier molecular flexibility index (Phi) is 3.56. The monoisotopic (exact) mass is 238 g/mol. The molecule has 17 heavy (non-hydrogen) atoms. The van der Waals surface area contributed by atoms with Gasteiger partial charge < -0.3 is 5.32 Å². The van der Waals surface area contributed by atoms with Gasteiger partial charge in [0.15, 0.2) is 0 Å². The fraction of sp³-hybridized carbons (Fsp3) is 0.500. The molecule has 1 N–H and O–H groups in total. The molecule has 0 bridgehead atoms. The van der Waals surface area contributed by atoms with Crippen LogP contribution in [-0.2, 0) is 0 Å². The summed E-state index contributed by atoms with van der Waals surface area (Å²) in [4.78, 5) is 10.00. The molecule has 0 atom stereocenters. The highest BCUT2D eigenvalue weighted by atomic mass is 19.1. The van der Waals surface area contributed by atoms with Crippen molar-refractivity contribution < 1.29 is 9.31 Å². The van der Waals surface area contributed by atoms with E-state index in [1.54, 1.807) is 0 Å². The van der Waals surface area contributed by atoms with E-state index in [-0.39, 0.29) is 5.69 Å². The van der Waals surface area contributed by atoms with Crippen LogP contribution in [0, 0.1) is 21.8 Å². The van der Waals surface area contributed by atoms with Crippen LogP contribution in [0.5, 0.6) is 0 Å². The predicted molar refractivity (Wildman–Crippen MR) is 63.5 cm³/mol. The summed E-state index contributed by atoms with van der Waals surface area (Å²) in [6.07, 6.45) is 4.86. The summed E-state index contributed by atoms with van der Waals surface area (Å²) in [6, 6.07) is 3.60. The van der Waals surface area contributed by atoms with Crippen molar-refractivity contribution in [1.82, 2.24) is 0 Å². The molecular formula is C12H15FN2O2. The number of hydrogen-bond donors (Lipinski definition) is 1. The van der Waals surface area contributed by atoms with Crippen molar-refractivity contribution in [2.24, 2.45) is 5.92 Å². The van der Waals surface area contributed by atoms with E-state index in [0.29, 0.717) is 11.6 Å². The molecule has 2 rings (SSSR count). The van der Waals surface area contributed by atoms with E-state index >= 15 is 0 Å². The Labute approximate surface area is 99.0 Å². The van der Waals surface area contributed by atoms with Gasteiger partial charge in [0, 0.05) is 18.3 Å². The molecule has 1 saturated carbocycles. The zero-order valence-corrected chi connectivity index (χ0v) is 9.49. The Bertz CT molecular complexity index is 417. The van der Waals surface area contributed by atoms with Gasteiger partial charge in [0.2, 0.25) is 0 Å². The number of anilines is 1. The first kappa shape index (κ1) is 11.8. The van der Waals surface area contributed by atoms with Crippen molar-refractivity contribution in [1.29, 1.82) is 0 Å². The Morgan fingerprint density at radius 2 is 2.06 bits per heavy atom. The molecule has 1 aromatic carbocycles. The molecule has 1 aliphatic rings. The number of benzene rings is 1. The second kappa shape index (κ2) is 5.12. The van der Waals surface area contributed by atoms with Crippen molar-refractivity contribution in [3.63, 3.8) is 0 Å². The maximum Gasteiger partial charge on any atom is 0.274 e. The first-order valence-electron chi connectivity index (χ1n) is 5.84. The molecule has 0 spiro atoms. The van der Waals surface area contributed by atoms with E-state index in [2.05, 4.69) is 5.32 Å². The molecule has 92 valence electrons. The van der Waals surface area contributed by atoms with Crippen molar-refractivity contribution >= 4 is 11.4 Å². The zero-order valence-electron chi connectivity index (χ0n) is 9.49. The molecule has 0 unspecified atom stereocenters. The van der Waals surface area contributed by atoms with E-state index in [1.165, 1.54) is 37.8 Å². The van der Waals surface area contributed by atoms with Gasteiger partial charge in [0.25, 0.3) is 5.69 Å². The topological polar surface area (TPSA) is 55.2 Å². The van der Waals surface area contributed by atoms with Gasteiger partial charge in [-0.3, -0.25) is 10.1 Å². The molecule has 0 heterocycles. The molecule has 0 aliphatic heterocycles. The number of nitro groups is 1. The van der Waals surface area contributed by atoms with E-state index in [1.807, 2.05) is 0 Å². The van der Waals surface area contributed by atoms with Gasteiger partial charge in [-0.1, -0.05) is 12.8 Å². The average molecular weight is 238 g/mol. The average Bonchev–Trinajstić information content (AvgIpc) is 2.78. The third kappa shape index (κ3) is 3.15. The van der Waals surface area contributed by atoms with Crippen LogP contribution in [0.15, 0.2) is 18.2 Å². The number of hydrogen-bond acceptors (Lipinski definition) is 3. The van der Waals surface area contributed by atoms with E-state index in [0.717, 1.165) is 12.6 Å². The number of nitrogens with one attached hydrogen (secondary N) is 1. The highest BCUT2D eigenvalue weighted by molar-refractivity contribution is 5.51. The molecule has 5 heteroatoms. The van der Waals surface area contributed by atoms with Gasteiger partial charge in [0.1, 0.15) is 5.82 Å². The van der Waals surface area contributed by atoms with Gasteiger partial charge in [0.05, 0.1) is 11.0 Å². The van der Waals surface area contributed by atoms with Crippen LogP contribution in [0.2, 0.25) is 0 Å². The minimum atomic E-state index is -0.580. The van der Waals surface area contributed by atoms with Crippen molar-refractivity contribution in [3.05, 3.63) is 34.1 Å². The van der Waals surface area contributed by atoms with Crippen LogP contribution in [0.4, 0.5) is 15.8 Å². The first-order valence-corrected chi connectivity index (χ1v) is 5.84. The summed E-state index contributed by atoms with van der Waals surface area (Å²) >= 11 is 0. The molecule has 0 radical (unpaired) electrons. The van der Waals surface area contributed by atoms with Crippen LogP contribution >= 0.6 is 0 Å². The van der Waals surface area contributed by atoms with Gasteiger partial charge in [-0.05, 0) is 24.8 Å². The molecule has 1 aromatic rings. The lowest BCUT2D eigenvalue weighted by Gasteiger charge is -2.11. The second-order valence-electron chi connectivity index (χ2n) is 4.49. The quantitative estimate of drug-likeness (QED) is 0.646. The second-order valence-corrected chi connectivity index (χ2v) is 4.49. The lowest BCUT2D eigenvalue weighted by molar-refractivity contribution is -0.385. The fourth-order valence-electron chi connectivity index (χ4n) is 2.26. The minimum Gasteiger partial charge on any atom is -0.384 e. The Balaban J connectivity index is 2.01. The minimum absolute atomic E-state index is 0.209. The maximum atomic E-state index is 13.1. The van der Waals surface area contributed by atoms with Crippen LogP contribution in [0.3, 0.4) is 0 Å². The third-order valence-electron chi connectivity index (χ3n) is 3.16. The van der Waals surface area contributed by atoms with Gasteiger partial charge in [-0.25, -0.2) is 4.39 Å². The Hall–Kier alpha value is -1.65. The van der Waals surface area contributed by atoms with Crippen LogP contribution in [-0.4, -0.2) is 11.5 Å². The van der Waals surface area contributed by atoms with Crippen molar-refractivity contribution in [3.8, 4) is 0 Å². The summed E-state index contributed by atoms with van der Waals surface area (Å²) in [5, 5.41) is 13.7. The maximum absolute atomic E-state index is 13.1. The number of rotatable bonds is 4. The Morgan fingerprint density at radius 3 is 2.71 bits per heavy atom. The Morgan fingerprint density at radius 1 is 1.35 bits per heavy atom. The largest absolute Gasteiger partial charge is 0.384 e. The third-order valence-corrected chi connectivity index (χ3v) is 3.16. The smallest absolute Gasteiger partial charge is 0.274 e. The van der Waals surface area contributed by atoms with Gasteiger partial charge in [-0.15, -0.1) is 0 Å². The predicted octanol–water partition coefficient (Wildman–Crippen LogP) is 3.34. The SMILES string of the molecule is O=[N+]([O-])c1cc(F)cc(NCC2CCCC2)c1. The number of nitro benzene ring substituents is 1. The first-order chi connectivity index (χ1) is 8.15. The highest BCUT2D eigenvalue weighted by Crippen LogP contribution is 2.26. The van der Waals surface area contributed by atoms with E-state index < -0.39 is 10.7 Å². The summed E-state index contributed by atoms with van der Waals surface area (Å²) in [5.74, 6) is 0.0328. The summed E-state index contributed by atoms with van der Waals surface area (Å²) in [7, 11) is 0.